The average Bonchev–Trinajstić information content (AvgIpc) is 3.54. The van der Waals surface area contributed by atoms with E-state index in [1.165, 1.54) is 21.6 Å². The smallest absolute Gasteiger partial charge is 0.225 e. The molecule has 1 saturated heterocycles. The Hall–Kier alpha value is -3.27. The number of nitrogens with one attached hydrogen (secondary N) is 2. The van der Waals surface area contributed by atoms with Crippen LogP contribution in [0, 0.1) is 18.8 Å². The minimum Gasteiger partial charge on any atom is -0.370 e. The minimum absolute atomic E-state index is 0.0192. The van der Waals surface area contributed by atoms with Crippen molar-refractivity contribution in [1.29, 1.82) is 0 Å². The molecule has 208 valence electrons. The molecule has 0 radical (unpaired) electrons. The molecule has 2 N–H and O–H groups in total. The van der Waals surface area contributed by atoms with Crippen molar-refractivity contribution in [3.63, 3.8) is 0 Å². The predicted octanol–water partition coefficient (Wildman–Crippen LogP) is 5.30. The van der Waals surface area contributed by atoms with Gasteiger partial charge >= 0.3 is 0 Å². The first-order chi connectivity index (χ1) is 19.5. The number of hydrogen-bond acceptors (Lipinski definition) is 7. The molecule has 5 heterocycles. The average molecular weight is 557 g/mol. The van der Waals surface area contributed by atoms with Gasteiger partial charge in [0.15, 0.2) is 0 Å². The summed E-state index contributed by atoms with van der Waals surface area (Å²) < 4.78 is 8.61. The highest BCUT2D eigenvalue weighted by atomic mass is 32.1. The number of carbonyl (C=O) groups is 1. The molecule has 40 heavy (non-hydrogen) atoms. The van der Waals surface area contributed by atoms with Crippen molar-refractivity contribution in [2.45, 2.75) is 51.9 Å². The van der Waals surface area contributed by atoms with Crippen LogP contribution in [0.3, 0.4) is 0 Å². The molecule has 2 fully saturated rings. The summed E-state index contributed by atoms with van der Waals surface area (Å²) in [4.78, 5) is 25.5. The summed E-state index contributed by atoms with van der Waals surface area (Å²) in [5, 5.41) is 10.3. The van der Waals surface area contributed by atoms with Crippen LogP contribution in [0.1, 0.15) is 53.9 Å². The number of likely N-dealkylation sites (tertiary alicyclic amines) is 1. The highest BCUT2D eigenvalue weighted by Gasteiger charge is 2.44. The summed E-state index contributed by atoms with van der Waals surface area (Å²) in [5.74, 6) is 2.54. The molecule has 2 aliphatic heterocycles. The normalized spacial score (nSPS) is 19.9. The van der Waals surface area contributed by atoms with Gasteiger partial charge in [-0.2, -0.15) is 0 Å². The summed E-state index contributed by atoms with van der Waals surface area (Å²) in [7, 11) is 1.98. The first-order valence-corrected chi connectivity index (χ1v) is 15.2. The molecule has 8 nitrogen and oxygen atoms in total. The van der Waals surface area contributed by atoms with Gasteiger partial charge in [0.05, 0.1) is 18.0 Å². The van der Waals surface area contributed by atoms with Gasteiger partial charge in [-0.15, -0.1) is 11.3 Å². The Bertz CT molecular complexity index is 1570. The zero-order valence-corrected chi connectivity index (χ0v) is 24.1. The van der Waals surface area contributed by atoms with Crippen LogP contribution in [-0.4, -0.2) is 52.1 Å². The summed E-state index contributed by atoms with van der Waals surface area (Å²) in [6, 6.07) is 13.2. The Labute approximate surface area is 238 Å². The zero-order chi connectivity index (χ0) is 27.4. The van der Waals surface area contributed by atoms with E-state index in [4.69, 9.17) is 14.7 Å². The Morgan fingerprint density at radius 2 is 2.02 bits per heavy atom. The van der Waals surface area contributed by atoms with E-state index in [0.717, 1.165) is 67.4 Å². The molecule has 1 unspecified atom stereocenters. The number of ether oxygens (including phenoxy) is 1. The van der Waals surface area contributed by atoms with Gasteiger partial charge in [0, 0.05) is 48.6 Å². The number of fused-ring (bicyclic) bond motifs is 3. The van der Waals surface area contributed by atoms with E-state index in [1.54, 1.807) is 11.3 Å². The summed E-state index contributed by atoms with van der Waals surface area (Å²) in [5.41, 5.74) is 5.93. The molecule has 1 aliphatic carbocycles. The highest BCUT2D eigenvalue weighted by molar-refractivity contribution is 7.10. The second-order valence-corrected chi connectivity index (χ2v) is 12.4. The monoisotopic (exact) mass is 556 g/mol. The molecule has 0 spiro atoms. The lowest BCUT2D eigenvalue weighted by molar-refractivity contribution is -0.145. The minimum atomic E-state index is -0.0192. The molecule has 0 bridgehead atoms. The highest BCUT2D eigenvalue weighted by Crippen LogP contribution is 2.42. The maximum Gasteiger partial charge on any atom is 0.225 e. The molecule has 3 aliphatic rings. The molecule has 1 amide bonds. The van der Waals surface area contributed by atoms with Crippen molar-refractivity contribution in [2.75, 3.05) is 32.1 Å². The Morgan fingerprint density at radius 3 is 2.83 bits per heavy atom. The van der Waals surface area contributed by atoms with Gasteiger partial charge in [-0.1, -0.05) is 24.3 Å². The van der Waals surface area contributed by atoms with Crippen LogP contribution in [0.5, 0.6) is 0 Å². The molecule has 4 aromatic rings. The van der Waals surface area contributed by atoms with Crippen LogP contribution in [0.25, 0.3) is 22.2 Å². The van der Waals surface area contributed by atoms with E-state index < -0.39 is 0 Å². The lowest BCUT2D eigenvalue weighted by Crippen LogP contribution is -2.53. The van der Waals surface area contributed by atoms with Crippen LogP contribution >= 0.6 is 11.3 Å². The fourth-order valence-corrected chi connectivity index (χ4v) is 7.10. The third-order valence-electron chi connectivity index (χ3n) is 8.47. The lowest BCUT2D eigenvalue weighted by atomic mass is 9.90. The number of nitrogens with zero attached hydrogens (tertiary/aromatic N) is 4. The predicted molar refractivity (Wildman–Crippen MR) is 158 cm³/mol. The summed E-state index contributed by atoms with van der Waals surface area (Å²) >= 11 is 1.78. The number of benzene rings is 1. The molecule has 1 aromatic carbocycles. The number of thiophene rings is 1. The molecular formula is C31H36N6O2S. The van der Waals surface area contributed by atoms with Crippen LogP contribution in [0.2, 0.25) is 0 Å². The molecule has 2 atom stereocenters. The molecule has 9 heteroatoms. The van der Waals surface area contributed by atoms with Gasteiger partial charge in [-0.3, -0.25) is 4.79 Å². The van der Waals surface area contributed by atoms with Crippen molar-refractivity contribution in [1.82, 2.24) is 24.8 Å². The number of hydrogen-bond donors (Lipinski definition) is 2. The van der Waals surface area contributed by atoms with Gasteiger partial charge in [-0.05, 0) is 67.9 Å². The van der Waals surface area contributed by atoms with E-state index >= 15 is 0 Å². The quantitative estimate of drug-likeness (QED) is 0.306. The van der Waals surface area contributed by atoms with Gasteiger partial charge < -0.3 is 24.8 Å². The third-order valence-corrected chi connectivity index (χ3v) is 9.59. The van der Waals surface area contributed by atoms with Crippen molar-refractivity contribution >= 4 is 34.1 Å². The van der Waals surface area contributed by atoms with E-state index in [1.807, 2.05) is 18.9 Å². The summed E-state index contributed by atoms with van der Waals surface area (Å²) in [6.07, 6.45) is 2.09. The van der Waals surface area contributed by atoms with Gasteiger partial charge in [0.25, 0.3) is 0 Å². The number of rotatable bonds is 8. The Kier molecular flexibility index (Phi) is 6.60. The summed E-state index contributed by atoms with van der Waals surface area (Å²) in [6.45, 7) is 8.00. The van der Waals surface area contributed by atoms with Gasteiger partial charge in [0.1, 0.15) is 23.4 Å². The second-order valence-electron chi connectivity index (χ2n) is 11.4. The Balaban J connectivity index is 1.14. The molecule has 3 aromatic heterocycles. The first-order valence-electron chi connectivity index (χ1n) is 14.4. The third kappa shape index (κ3) is 4.60. The van der Waals surface area contributed by atoms with Gasteiger partial charge in [0.2, 0.25) is 5.91 Å². The van der Waals surface area contributed by atoms with Crippen molar-refractivity contribution in [3.8, 4) is 11.1 Å². The molecular weight excluding hydrogens is 520 g/mol. The fourth-order valence-electron chi connectivity index (χ4n) is 6.18. The van der Waals surface area contributed by atoms with Crippen molar-refractivity contribution < 1.29 is 9.53 Å². The van der Waals surface area contributed by atoms with Crippen LogP contribution in [-0.2, 0) is 22.6 Å². The van der Waals surface area contributed by atoms with E-state index in [-0.39, 0.29) is 18.1 Å². The van der Waals surface area contributed by atoms with Gasteiger partial charge in [-0.25, -0.2) is 9.97 Å². The topological polar surface area (TPSA) is 84.3 Å². The standard InChI is InChI=1S/C31H36N6O2S/c1-18(27-12-22(17-40-27)24-7-5-4-6-21(24)14-32-3)33-29-25-13-26-28(23-15-36(16-23)31(38)20-8-9-20)39-11-10-37(26)30(25)35-19(2)34-29/h4-7,12-13,17-18,20,23,28,32H,8-11,14-16H2,1-3H3,(H,33,34,35)/t18-,28?/m1/s1. The SMILES string of the molecule is CNCc1ccccc1-c1csc([C@@H](C)Nc2nc(C)nc3c2cc2n3CCOC2C2CN(C(=O)C3CC3)C2)c1. The van der Waals surface area contributed by atoms with Crippen LogP contribution < -0.4 is 10.6 Å². The fraction of sp³-hybridized carbons (Fsp3) is 0.452. The van der Waals surface area contributed by atoms with E-state index in [2.05, 4.69) is 63.9 Å². The maximum atomic E-state index is 12.5. The van der Waals surface area contributed by atoms with Crippen LogP contribution in [0.15, 0.2) is 41.8 Å². The van der Waals surface area contributed by atoms with Crippen molar-refractivity contribution in [2.24, 2.45) is 11.8 Å². The van der Waals surface area contributed by atoms with Crippen molar-refractivity contribution in [3.05, 3.63) is 63.7 Å². The molecule has 7 rings (SSSR count). The zero-order valence-electron chi connectivity index (χ0n) is 23.3. The number of carbonyl (C=O) groups excluding carboxylic acids is 1. The number of aryl methyl sites for hydroxylation is 1. The second kappa shape index (κ2) is 10.3. The largest absolute Gasteiger partial charge is 0.370 e. The first kappa shape index (κ1) is 25.7. The Morgan fingerprint density at radius 1 is 1.20 bits per heavy atom. The number of aromatic nitrogens is 3. The van der Waals surface area contributed by atoms with E-state index in [9.17, 15) is 4.79 Å². The lowest BCUT2D eigenvalue weighted by Gasteiger charge is -2.44. The van der Waals surface area contributed by atoms with Crippen LogP contribution in [0.4, 0.5) is 5.82 Å². The van der Waals surface area contributed by atoms with E-state index in [0.29, 0.717) is 18.4 Å². The molecule has 1 saturated carbocycles. The number of amides is 1. The maximum absolute atomic E-state index is 12.5. The number of anilines is 1.